The van der Waals surface area contributed by atoms with Crippen molar-refractivity contribution >= 4 is 16.7 Å². The van der Waals surface area contributed by atoms with Gasteiger partial charge < -0.3 is 0 Å². The standard InChI is InChI=1S/C13H13N3/c1-2-4-12-11(3-1)14-15-16(12)13-8-9-5-6-10(13)7-9/h1-4,8-10H,5-7H2. The van der Waals surface area contributed by atoms with Crippen molar-refractivity contribution in [2.75, 3.05) is 0 Å². The molecule has 16 heavy (non-hydrogen) atoms. The van der Waals surface area contributed by atoms with Gasteiger partial charge in [0.15, 0.2) is 0 Å². The Bertz CT molecular complexity index is 582. The van der Waals surface area contributed by atoms with Gasteiger partial charge in [-0.2, -0.15) is 0 Å². The molecule has 0 saturated heterocycles. The van der Waals surface area contributed by atoms with Crippen molar-refractivity contribution in [1.82, 2.24) is 15.0 Å². The molecule has 0 amide bonds. The number of benzene rings is 1. The van der Waals surface area contributed by atoms with Gasteiger partial charge in [-0.25, -0.2) is 4.68 Å². The van der Waals surface area contributed by atoms with Gasteiger partial charge in [-0.15, -0.1) is 5.10 Å². The van der Waals surface area contributed by atoms with E-state index in [0.29, 0.717) is 0 Å². The first kappa shape index (κ1) is 8.50. The maximum atomic E-state index is 4.29. The molecule has 2 bridgehead atoms. The van der Waals surface area contributed by atoms with Gasteiger partial charge in [-0.3, -0.25) is 0 Å². The molecule has 0 spiro atoms. The van der Waals surface area contributed by atoms with Gasteiger partial charge in [0.25, 0.3) is 0 Å². The van der Waals surface area contributed by atoms with E-state index in [0.717, 1.165) is 22.9 Å². The van der Waals surface area contributed by atoms with Gasteiger partial charge in [0.05, 0.1) is 5.52 Å². The van der Waals surface area contributed by atoms with E-state index in [2.05, 4.69) is 28.5 Å². The van der Waals surface area contributed by atoms with Crippen molar-refractivity contribution < 1.29 is 0 Å². The maximum absolute atomic E-state index is 4.29. The van der Waals surface area contributed by atoms with Crippen LogP contribution in [-0.2, 0) is 0 Å². The largest absolute Gasteiger partial charge is 0.217 e. The number of para-hydroxylation sites is 1. The molecule has 3 nitrogen and oxygen atoms in total. The molecular formula is C13H13N3. The summed E-state index contributed by atoms with van der Waals surface area (Å²) in [7, 11) is 0. The Morgan fingerprint density at radius 2 is 2.12 bits per heavy atom. The van der Waals surface area contributed by atoms with Crippen molar-refractivity contribution in [1.29, 1.82) is 0 Å². The molecule has 0 aliphatic heterocycles. The monoisotopic (exact) mass is 211 g/mol. The first-order valence-corrected chi connectivity index (χ1v) is 5.94. The smallest absolute Gasteiger partial charge is 0.113 e. The van der Waals surface area contributed by atoms with E-state index in [1.807, 2.05) is 16.8 Å². The first-order valence-electron chi connectivity index (χ1n) is 5.94. The summed E-state index contributed by atoms with van der Waals surface area (Å²) >= 11 is 0. The zero-order chi connectivity index (χ0) is 10.5. The number of allylic oxidation sites excluding steroid dienone is 2. The normalized spacial score (nSPS) is 27.6. The van der Waals surface area contributed by atoms with Gasteiger partial charge in [0, 0.05) is 11.6 Å². The summed E-state index contributed by atoms with van der Waals surface area (Å²) in [5, 5.41) is 8.51. The second-order valence-electron chi connectivity index (χ2n) is 4.85. The number of fused-ring (bicyclic) bond motifs is 3. The molecule has 1 saturated carbocycles. The van der Waals surface area contributed by atoms with E-state index in [4.69, 9.17) is 0 Å². The molecule has 0 N–H and O–H groups in total. The zero-order valence-electron chi connectivity index (χ0n) is 9.00. The van der Waals surface area contributed by atoms with Crippen LogP contribution in [0.5, 0.6) is 0 Å². The molecule has 2 unspecified atom stereocenters. The summed E-state index contributed by atoms with van der Waals surface area (Å²) in [5.41, 5.74) is 3.51. The highest BCUT2D eigenvalue weighted by molar-refractivity contribution is 5.78. The van der Waals surface area contributed by atoms with Crippen LogP contribution in [0.15, 0.2) is 30.3 Å². The minimum atomic E-state index is 0.718. The van der Waals surface area contributed by atoms with Crippen molar-refractivity contribution in [2.24, 2.45) is 11.8 Å². The second kappa shape index (κ2) is 2.94. The minimum absolute atomic E-state index is 0.718. The Morgan fingerprint density at radius 3 is 2.94 bits per heavy atom. The van der Waals surface area contributed by atoms with E-state index in [1.54, 1.807) is 0 Å². The van der Waals surface area contributed by atoms with E-state index in [-0.39, 0.29) is 0 Å². The molecule has 80 valence electrons. The second-order valence-corrected chi connectivity index (χ2v) is 4.85. The lowest BCUT2D eigenvalue weighted by Gasteiger charge is -2.13. The van der Waals surface area contributed by atoms with E-state index in [9.17, 15) is 0 Å². The van der Waals surface area contributed by atoms with E-state index in [1.165, 1.54) is 25.0 Å². The van der Waals surface area contributed by atoms with E-state index < -0.39 is 0 Å². The van der Waals surface area contributed by atoms with Gasteiger partial charge in [-0.1, -0.05) is 23.4 Å². The summed E-state index contributed by atoms with van der Waals surface area (Å²) in [4.78, 5) is 0. The van der Waals surface area contributed by atoms with Crippen LogP contribution in [-0.4, -0.2) is 15.0 Å². The van der Waals surface area contributed by atoms with Crippen LogP contribution in [0, 0.1) is 11.8 Å². The fourth-order valence-electron chi connectivity index (χ4n) is 3.12. The lowest BCUT2D eigenvalue weighted by atomic mass is 10.0. The molecule has 1 aromatic heterocycles. The molecule has 3 heteroatoms. The lowest BCUT2D eigenvalue weighted by molar-refractivity contribution is 0.657. The predicted molar refractivity (Wildman–Crippen MR) is 62.6 cm³/mol. The van der Waals surface area contributed by atoms with Crippen LogP contribution >= 0.6 is 0 Å². The topological polar surface area (TPSA) is 30.7 Å². The molecule has 4 rings (SSSR count). The van der Waals surface area contributed by atoms with Crippen LogP contribution < -0.4 is 0 Å². The highest BCUT2D eigenvalue weighted by Crippen LogP contribution is 2.45. The summed E-state index contributed by atoms with van der Waals surface area (Å²) < 4.78 is 2.04. The Kier molecular flexibility index (Phi) is 1.56. The third-order valence-electron chi connectivity index (χ3n) is 3.89. The summed E-state index contributed by atoms with van der Waals surface area (Å²) in [6.45, 7) is 0. The number of rotatable bonds is 1. The third kappa shape index (κ3) is 1.03. The first-order chi connectivity index (χ1) is 7.92. The van der Waals surface area contributed by atoms with Gasteiger partial charge in [0.1, 0.15) is 5.52 Å². The van der Waals surface area contributed by atoms with Gasteiger partial charge >= 0.3 is 0 Å². The fourth-order valence-corrected chi connectivity index (χ4v) is 3.12. The van der Waals surface area contributed by atoms with Crippen LogP contribution in [0.25, 0.3) is 16.7 Å². The number of aromatic nitrogens is 3. The third-order valence-corrected chi connectivity index (χ3v) is 3.89. The molecule has 1 heterocycles. The highest BCUT2D eigenvalue weighted by Gasteiger charge is 2.34. The minimum Gasteiger partial charge on any atom is -0.217 e. The van der Waals surface area contributed by atoms with Crippen LogP contribution in [0.2, 0.25) is 0 Å². The van der Waals surface area contributed by atoms with E-state index >= 15 is 0 Å². The maximum Gasteiger partial charge on any atom is 0.113 e. The Balaban J connectivity index is 1.91. The molecule has 2 aromatic rings. The quantitative estimate of drug-likeness (QED) is 0.726. The Hall–Kier alpha value is -1.64. The Morgan fingerprint density at radius 1 is 1.19 bits per heavy atom. The average Bonchev–Trinajstić information content (AvgIpc) is 3.03. The summed E-state index contributed by atoms with van der Waals surface area (Å²) in [6, 6.07) is 8.18. The molecule has 2 aliphatic rings. The number of nitrogens with zero attached hydrogens (tertiary/aromatic N) is 3. The highest BCUT2D eigenvalue weighted by atomic mass is 15.4. The van der Waals surface area contributed by atoms with Crippen molar-refractivity contribution in [3.63, 3.8) is 0 Å². The summed E-state index contributed by atoms with van der Waals surface area (Å²) in [6.07, 6.45) is 6.41. The predicted octanol–water partition coefficient (Wildman–Crippen LogP) is 2.70. The van der Waals surface area contributed by atoms with Crippen LogP contribution in [0.3, 0.4) is 0 Å². The molecule has 2 aliphatic carbocycles. The van der Waals surface area contributed by atoms with Crippen molar-refractivity contribution in [3.8, 4) is 0 Å². The molecule has 1 aromatic carbocycles. The fraction of sp³-hybridized carbons (Fsp3) is 0.385. The SMILES string of the molecule is C1=C(n2nnc3ccccc32)C2CCC1C2. The van der Waals surface area contributed by atoms with Crippen molar-refractivity contribution in [3.05, 3.63) is 30.3 Å². The summed E-state index contributed by atoms with van der Waals surface area (Å²) in [5.74, 6) is 1.51. The van der Waals surface area contributed by atoms with Crippen LogP contribution in [0.1, 0.15) is 19.3 Å². The van der Waals surface area contributed by atoms with Gasteiger partial charge in [0.2, 0.25) is 0 Å². The molecule has 2 atom stereocenters. The van der Waals surface area contributed by atoms with Crippen molar-refractivity contribution in [2.45, 2.75) is 19.3 Å². The molecule has 1 fully saturated rings. The van der Waals surface area contributed by atoms with Crippen LogP contribution in [0.4, 0.5) is 0 Å². The number of hydrogen-bond acceptors (Lipinski definition) is 2. The molecule has 0 radical (unpaired) electrons. The lowest BCUT2D eigenvalue weighted by Crippen LogP contribution is -2.06. The zero-order valence-corrected chi connectivity index (χ0v) is 9.00. The average molecular weight is 211 g/mol. The van der Waals surface area contributed by atoms with Gasteiger partial charge in [-0.05, 0) is 37.3 Å². The Labute approximate surface area is 93.8 Å². The number of hydrogen-bond donors (Lipinski definition) is 0. The molecular weight excluding hydrogens is 198 g/mol.